The number of unbranched alkanes of at least 4 members (excludes halogenated alkanes) is 1. The van der Waals surface area contributed by atoms with Crippen LogP contribution in [0.3, 0.4) is 0 Å². The maximum Gasteiger partial charge on any atom is 1.20 e. The van der Waals surface area contributed by atoms with Crippen molar-refractivity contribution in [1.29, 1.82) is 0 Å². The SMILES string of the molecule is CCC[C-]=C(OC)[O][Al]1[O]c2ccccc2C=NCCN=Cc2ccccc2[O]1.[Y]. The Morgan fingerprint density at radius 1 is 0.967 bits per heavy atom. The van der Waals surface area contributed by atoms with Crippen LogP contribution in [0.1, 0.15) is 30.9 Å². The third-order valence-corrected chi connectivity index (χ3v) is 5.31. The average Bonchev–Trinajstić information content (AvgIpc) is 2.76. The first-order valence-corrected chi connectivity index (χ1v) is 11.0. The minimum atomic E-state index is -2.74. The molecule has 0 saturated carbocycles. The molecular formula is C22H24AlN2O4Y-. The molecule has 2 aromatic carbocycles. The average molecular weight is 496 g/mol. The molecule has 153 valence electrons. The molecule has 0 unspecified atom stereocenters. The third kappa shape index (κ3) is 7.56. The molecule has 3 rings (SSSR count). The molecule has 1 radical (unpaired) electrons. The van der Waals surface area contributed by atoms with Gasteiger partial charge in [-0.3, -0.25) is 9.98 Å². The van der Waals surface area contributed by atoms with Crippen molar-refractivity contribution in [1.82, 2.24) is 0 Å². The molecule has 0 spiro atoms. The third-order valence-electron chi connectivity index (χ3n) is 4.01. The van der Waals surface area contributed by atoms with Gasteiger partial charge in [-0.15, -0.1) is 0 Å². The van der Waals surface area contributed by atoms with Crippen molar-refractivity contribution in [3.63, 3.8) is 0 Å². The Bertz CT molecular complexity index is 829. The van der Waals surface area contributed by atoms with Crippen molar-refractivity contribution < 1.29 is 48.8 Å². The second-order valence-electron chi connectivity index (χ2n) is 6.21. The molecule has 8 heteroatoms. The van der Waals surface area contributed by atoms with Gasteiger partial charge in [0.15, 0.2) is 0 Å². The first-order valence-electron chi connectivity index (χ1n) is 9.62. The number of hydrogen-bond donors (Lipinski definition) is 0. The maximum absolute atomic E-state index is 6.20. The summed E-state index contributed by atoms with van der Waals surface area (Å²) in [6, 6.07) is 15.3. The van der Waals surface area contributed by atoms with E-state index in [-0.39, 0.29) is 38.7 Å². The predicted octanol–water partition coefficient (Wildman–Crippen LogP) is 4.09. The van der Waals surface area contributed by atoms with E-state index in [0.29, 0.717) is 24.6 Å². The molecular weight excluding hydrogens is 472 g/mol. The zero-order valence-corrected chi connectivity index (χ0v) is 21.3. The summed E-state index contributed by atoms with van der Waals surface area (Å²) in [7, 11) is 1.55. The van der Waals surface area contributed by atoms with Crippen LogP contribution in [-0.2, 0) is 41.2 Å². The number of nitrogens with zero attached hydrogens (tertiary/aromatic N) is 2. The number of para-hydroxylation sites is 2. The fraction of sp³-hybridized carbons (Fsp3) is 0.273. The van der Waals surface area contributed by atoms with Crippen molar-refractivity contribution in [2.24, 2.45) is 9.98 Å². The molecule has 0 bridgehead atoms. The van der Waals surface area contributed by atoms with Gasteiger partial charge < -0.3 is 22.2 Å². The minimum absolute atomic E-state index is 0. The van der Waals surface area contributed by atoms with Crippen molar-refractivity contribution in [3.8, 4) is 11.5 Å². The number of rotatable bonds is 5. The Kier molecular flexibility index (Phi) is 11.2. The van der Waals surface area contributed by atoms with Crippen LogP contribution in [0.15, 0.2) is 64.5 Å². The molecule has 0 aliphatic carbocycles. The summed E-state index contributed by atoms with van der Waals surface area (Å²) in [5.74, 6) is 1.58. The molecule has 0 atom stereocenters. The molecule has 0 fully saturated rings. The van der Waals surface area contributed by atoms with E-state index in [9.17, 15) is 0 Å². The van der Waals surface area contributed by atoms with Crippen LogP contribution in [0, 0.1) is 6.08 Å². The van der Waals surface area contributed by atoms with Crippen LogP contribution in [0.2, 0.25) is 0 Å². The van der Waals surface area contributed by atoms with Gasteiger partial charge in [-0.1, -0.05) is 37.6 Å². The summed E-state index contributed by atoms with van der Waals surface area (Å²) < 4.78 is 23.7. The zero-order valence-electron chi connectivity index (χ0n) is 17.3. The first kappa shape index (κ1) is 24.6. The number of allylic oxidation sites excluding steroid dienone is 1. The quantitative estimate of drug-likeness (QED) is 0.356. The van der Waals surface area contributed by atoms with Gasteiger partial charge in [0.05, 0.1) is 31.7 Å². The molecule has 30 heavy (non-hydrogen) atoms. The van der Waals surface area contributed by atoms with Crippen LogP contribution in [0.25, 0.3) is 0 Å². The molecule has 6 nitrogen and oxygen atoms in total. The standard InChI is InChI=1S/C16H16N2O2.C6H11O2.Al.Y/c19-15-7-3-1-5-13(15)11-17-9-10-18-12-14-6-2-4-8-16(14)20;1-3-4-5-6(7)8-2;;/h1-8,11-12,19-20H,9-10H2;7H,3-4H2,1-2H3;;/q;-1;+3;/p-3. The maximum atomic E-state index is 6.20. The van der Waals surface area contributed by atoms with E-state index in [2.05, 4.69) is 23.0 Å². The first-order chi connectivity index (χ1) is 14.3. The molecule has 1 aliphatic heterocycles. The van der Waals surface area contributed by atoms with Gasteiger partial charge in [-0.2, -0.15) is 6.42 Å². The van der Waals surface area contributed by atoms with Crippen LogP contribution in [-0.4, -0.2) is 47.8 Å². The van der Waals surface area contributed by atoms with E-state index in [0.717, 1.165) is 24.0 Å². The summed E-state index contributed by atoms with van der Waals surface area (Å²) >= 11 is -2.74. The van der Waals surface area contributed by atoms with Gasteiger partial charge in [0.1, 0.15) is 0 Å². The van der Waals surface area contributed by atoms with E-state index in [4.69, 9.17) is 16.1 Å². The fourth-order valence-electron chi connectivity index (χ4n) is 2.59. The molecule has 2 aromatic rings. The summed E-state index contributed by atoms with van der Waals surface area (Å²) in [5.41, 5.74) is 1.71. The van der Waals surface area contributed by atoms with Gasteiger partial charge in [-0.25, -0.2) is 0 Å². The number of benzene rings is 2. The largest absolute Gasteiger partial charge is 1.20 e. The monoisotopic (exact) mass is 496 g/mol. The van der Waals surface area contributed by atoms with Crippen molar-refractivity contribution in [3.05, 3.63) is 71.7 Å². The zero-order chi connectivity index (χ0) is 20.3. The van der Waals surface area contributed by atoms with Crippen LogP contribution < -0.4 is 7.58 Å². The number of hydrogen-bond acceptors (Lipinski definition) is 6. The Hall–Kier alpha value is -1.64. The van der Waals surface area contributed by atoms with Crippen LogP contribution >= 0.6 is 0 Å². The molecule has 0 saturated heterocycles. The van der Waals surface area contributed by atoms with E-state index >= 15 is 0 Å². The summed E-state index contributed by atoms with van der Waals surface area (Å²) in [6.45, 7) is 3.25. The Balaban J connectivity index is 0.00000320. The van der Waals surface area contributed by atoms with Gasteiger partial charge in [-0.05, 0) is 24.3 Å². The molecule has 0 N–H and O–H groups in total. The number of ether oxygens (including phenoxy) is 1. The Morgan fingerprint density at radius 2 is 1.50 bits per heavy atom. The fourth-order valence-corrected chi connectivity index (χ4v) is 3.93. The Morgan fingerprint density at radius 3 is 2.00 bits per heavy atom. The van der Waals surface area contributed by atoms with Crippen LogP contribution in [0.4, 0.5) is 0 Å². The van der Waals surface area contributed by atoms with Crippen molar-refractivity contribution in [2.75, 3.05) is 20.2 Å². The molecule has 1 heterocycles. The van der Waals surface area contributed by atoms with Crippen molar-refractivity contribution >= 4 is 27.6 Å². The second-order valence-corrected chi connectivity index (χ2v) is 7.49. The molecule has 0 aromatic heterocycles. The number of fused-ring (bicyclic) bond motifs is 2. The van der Waals surface area contributed by atoms with Crippen LogP contribution in [0.5, 0.6) is 11.5 Å². The summed E-state index contributed by atoms with van der Waals surface area (Å²) in [5, 5.41) is 0. The summed E-state index contributed by atoms with van der Waals surface area (Å²) in [4.78, 5) is 8.90. The normalized spacial score (nSPS) is 13.8. The van der Waals surface area contributed by atoms with Crippen molar-refractivity contribution in [2.45, 2.75) is 19.8 Å². The Labute approximate surface area is 208 Å². The number of aliphatic imine (C=N–C) groups is 2. The van der Waals surface area contributed by atoms with E-state index in [1.807, 2.05) is 48.5 Å². The van der Waals surface area contributed by atoms with Gasteiger partial charge in [0.2, 0.25) is 0 Å². The second kappa shape index (κ2) is 13.6. The van der Waals surface area contributed by atoms with Gasteiger partial charge in [0, 0.05) is 62.2 Å². The van der Waals surface area contributed by atoms with E-state index in [1.54, 1.807) is 19.5 Å². The minimum Gasteiger partial charge on any atom is -0.578 e. The number of methoxy groups -OCH3 is 1. The topological polar surface area (TPSA) is 61.6 Å². The molecule has 0 amide bonds. The summed E-state index contributed by atoms with van der Waals surface area (Å²) in [6.07, 6.45) is 8.34. The predicted molar refractivity (Wildman–Crippen MR) is 115 cm³/mol. The molecule has 1 aliphatic rings. The van der Waals surface area contributed by atoms with Gasteiger partial charge >= 0.3 is 15.1 Å². The van der Waals surface area contributed by atoms with Gasteiger partial charge in [0.25, 0.3) is 0 Å². The van der Waals surface area contributed by atoms with E-state index < -0.39 is 15.1 Å². The smallest absolute Gasteiger partial charge is 0.578 e. The van der Waals surface area contributed by atoms with E-state index in [1.165, 1.54) is 0 Å².